The Morgan fingerprint density at radius 3 is 2.87 bits per heavy atom. The van der Waals surface area contributed by atoms with E-state index in [1.807, 2.05) is 7.05 Å². The molecule has 3 nitrogen and oxygen atoms in total. The topological polar surface area (TPSA) is 43.8 Å². The lowest BCUT2D eigenvalue weighted by molar-refractivity contribution is 0.672. The maximum Gasteiger partial charge on any atom is 0.0743 e. The van der Waals surface area contributed by atoms with Crippen LogP contribution in [0.1, 0.15) is 17.3 Å². The van der Waals surface area contributed by atoms with Crippen molar-refractivity contribution in [3.8, 4) is 0 Å². The van der Waals surface area contributed by atoms with Gasteiger partial charge in [0.15, 0.2) is 0 Å². The zero-order valence-electron chi connectivity index (χ0n) is 7.95. The molecule has 0 aliphatic heterocycles. The smallest absolute Gasteiger partial charge is 0.0743 e. The van der Waals surface area contributed by atoms with Crippen molar-refractivity contribution in [3.63, 3.8) is 0 Å². The van der Waals surface area contributed by atoms with Crippen LogP contribution in [0.2, 0.25) is 0 Å². The van der Waals surface area contributed by atoms with Gasteiger partial charge >= 0.3 is 0 Å². The van der Waals surface area contributed by atoms with Crippen molar-refractivity contribution in [1.29, 1.82) is 0 Å². The van der Waals surface area contributed by atoms with Crippen LogP contribution in [0.25, 0.3) is 0 Å². The fourth-order valence-electron chi connectivity index (χ4n) is 1.41. The van der Waals surface area contributed by atoms with Crippen LogP contribution in [-0.2, 0) is 7.05 Å². The quantitative estimate of drug-likeness (QED) is 0.792. The Morgan fingerprint density at radius 2 is 2.40 bits per heavy atom. The summed E-state index contributed by atoms with van der Waals surface area (Å²) < 4.78 is 4.01. The van der Waals surface area contributed by atoms with Crippen LogP contribution in [0.15, 0.2) is 22.1 Å². The van der Waals surface area contributed by atoms with Crippen molar-refractivity contribution in [2.45, 2.75) is 6.04 Å². The van der Waals surface area contributed by atoms with Gasteiger partial charge in [-0.2, -0.15) is 5.10 Å². The van der Waals surface area contributed by atoms with E-state index in [0.29, 0.717) is 0 Å². The number of halogens is 2. The summed E-state index contributed by atoms with van der Waals surface area (Å²) in [6.07, 6.45) is 1.77. The summed E-state index contributed by atoms with van der Waals surface area (Å²) in [7, 11) is 1.90. The summed E-state index contributed by atoms with van der Waals surface area (Å²) in [5, 5.41) is 6.25. The molecule has 80 valence electrons. The third-order valence-electron chi connectivity index (χ3n) is 2.18. The predicted octanol–water partition coefficient (Wildman–Crippen LogP) is 2.90. The van der Waals surface area contributed by atoms with Gasteiger partial charge in [-0.25, -0.2) is 0 Å². The summed E-state index contributed by atoms with van der Waals surface area (Å²) in [5.41, 5.74) is 8.33. The number of nitrogens with two attached hydrogens (primary N) is 1. The number of hydrogen-bond acceptors (Lipinski definition) is 3. The third-order valence-corrected chi connectivity index (χ3v) is 4.60. The van der Waals surface area contributed by atoms with Gasteiger partial charge in [0.1, 0.15) is 0 Å². The number of rotatable bonds is 2. The van der Waals surface area contributed by atoms with Gasteiger partial charge in [-0.1, -0.05) is 0 Å². The molecule has 0 saturated carbocycles. The Morgan fingerprint density at radius 1 is 1.67 bits per heavy atom. The lowest BCUT2D eigenvalue weighted by Crippen LogP contribution is -2.15. The lowest BCUT2D eigenvalue weighted by Gasteiger charge is -2.11. The van der Waals surface area contributed by atoms with Crippen LogP contribution in [0.5, 0.6) is 0 Å². The molecule has 0 fully saturated rings. The summed E-state index contributed by atoms with van der Waals surface area (Å²) >= 11 is 7.46. The second kappa shape index (κ2) is 4.52. The highest BCUT2D eigenvalue weighted by atomic mass is 127. The van der Waals surface area contributed by atoms with Crippen molar-refractivity contribution in [3.05, 3.63) is 36.3 Å². The molecule has 0 radical (unpaired) electrons. The van der Waals surface area contributed by atoms with E-state index in [0.717, 1.165) is 15.7 Å². The van der Waals surface area contributed by atoms with E-state index in [1.165, 1.54) is 2.88 Å². The predicted molar refractivity (Wildman–Crippen MR) is 74.0 cm³/mol. The van der Waals surface area contributed by atoms with Gasteiger partial charge in [-0.3, -0.25) is 4.68 Å². The Balaban J connectivity index is 2.40. The van der Waals surface area contributed by atoms with Gasteiger partial charge in [-0.15, -0.1) is 11.3 Å². The molecule has 1 unspecified atom stereocenters. The molecule has 0 aliphatic rings. The first kappa shape index (κ1) is 11.6. The molecule has 2 heterocycles. The zero-order chi connectivity index (χ0) is 11.0. The molecule has 2 aromatic rings. The monoisotopic (exact) mass is 397 g/mol. The molecule has 2 N–H and O–H groups in total. The fraction of sp³-hybridized carbons (Fsp3) is 0.222. The maximum atomic E-state index is 6.19. The highest BCUT2D eigenvalue weighted by Crippen LogP contribution is 2.29. The maximum absolute atomic E-state index is 6.19. The third kappa shape index (κ3) is 2.27. The summed E-state index contributed by atoms with van der Waals surface area (Å²) in [6, 6.07) is 1.99. The molecule has 2 aromatic heterocycles. The number of hydrogen-bond donors (Lipinski definition) is 1. The van der Waals surface area contributed by atoms with Crippen molar-refractivity contribution >= 4 is 49.9 Å². The summed E-state index contributed by atoms with van der Waals surface area (Å²) in [5.74, 6) is 0. The van der Waals surface area contributed by atoms with Crippen molar-refractivity contribution < 1.29 is 0 Å². The molecule has 0 aromatic carbocycles. The fourth-order valence-corrected chi connectivity index (χ4v) is 3.42. The minimum atomic E-state index is -0.119. The second-order valence-electron chi connectivity index (χ2n) is 3.16. The lowest BCUT2D eigenvalue weighted by atomic mass is 10.1. The largest absolute Gasteiger partial charge is 0.319 e. The Labute approximate surface area is 114 Å². The second-order valence-corrected chi connectivity index (χ2v) is 6.82. The molecule has 0 spiro atoms. The Hall–Kier alpha value is 0.0800. The number of aryl methyl sites for hydroxylation is 1. The van der Waals surface area contributed by atoms with Gasteiger partial charge in [0.2, 0.25) is 0 Å². The average molecular weight is 398 g/mol. The SMILES string of the molecule is Cn1ncc(Br)c1C(N)c1csc(I)c1. The zero-order valence-corrected chi connectivity index (χ0v) is 12.5. The van der Waals surface area contributed by atoms with E-state index in [2.05, 4.69) is 55.1 Å². The summed E-state index contributed by atoms with van der Waals surface area (Å²) in [4.78, 5) is 0. The van der Waals surface area contributed by atoms with E-state index in [-0.39, 0.29) is 6.04 Å². The molecule has 0 amide bonds. The molecule has 0 aliphatic carbocycles. The average Bonchev–Trinajstić information content (AvgIpc) is 2.73. The first-order valence-corrected chi connectivity index (χ1v) is 7.01. The number of thiophene rings is 1. The minimum Gasteiger partial charge on any atom is -0.319 e. The molecule has 0 saturated heterocycles. The first-order valence-electron chi connectivity index (χ1n) is 4.26. The van der Waals surface area contributed by atoms with E-state index < -0.39 is 0 Å². The van der Waals surface area contributed by atoms with Crippen LogP contribution in [0, 0.1) is 2.88 Å². The normalized spacial score (nSPS) is 13.1. The standard InChI is InChI=1S/C9H9BrIN3S/c1-14-9(6(10)3-13-14)8(12)5-2-7(11)15-4-5/h2-4,8H,12H2,1H3. The molecular formula is C9H9BrIN3S. The van der Waals surface area contributed by atoms with E-state index in [1.54, 1.807) is 22.2 Å². The number of nitrogens with zero attached hydrogens (tertiary/aromatic N) is 2. The van der Waals surface area contributed by atoms with Gasteiger partial charge < -0.3 is 5.73 Å². The van der Waals surface area contributed by atoms with Crippen LogP contribution in [-0.4, -0.2) is 9.78 Å². The van der Waals surface area contributed by atoms with Crippen molar-refractivity contribution in [1.82, 2.24) is 9.78 Å². The summed E-state index contributed by atoms with van der Waals surface area (Å²) in [6.45, 7) is 0. The van der Waals surface area contributed by atoms with Crippen molar-refractivity contribution in [2.75, 3.05) is 0 Å². The number of aromatic nitrogens is 2. The molecule has 1 atom stereocenters. The van der Waals surface area contributed by atoms with E-state index >= 15 is 0 Å². The van der Waals surface area contributed by atoms with Gasteiger partial charge in [0, 0.05) is 7.05 Å². The van der Waals surface area contributed by atoms with Crippen LogP contribution in [0.3, 0.4) is 0 Å². The Bertz CT molecular complexity index is 460. The van der Waals surface area contributed by atoms with E-state index in [4.69, 9.17) is 5.73 Å². The molecule has 6 heteroatoms. The first-order chi connectivity index (χ1) is 7.09. The molecule has 2 rings (SSSR count). The highest BCUT2D eigenvalue weighted by molar-refractivity contribution is 14.1. The molecule has 0 bridgehead atoms. The van der Waals surface area contributed by atoms with Crippen molar-refractivity contribution in [2.24, 2.45) is 12.8 Å². The van der Waals surface area contributed by atoms with Gasteiger partial charge in [0.25, 0.3) is 0 Å². The van der Waals surface area contributed by atoms with Gasteiger partial charge in [-0.05, 0) is 55.5 Å². The molecular weight excluding hydrogens is 389 g/mol. The highest BCUT2D eigenvalue weighted by Gasteiger charge is 2.17. The van der Waals surface area contributed by atoms with Crippen LogP contribution < -0.4 is 5.73 Å². The van der Waals surface area contributed by atoms with Gasteiger partial charge in [0.05, 0.1) is 25.3 Å². The van der Waals surface area contributed by atoms with Crippen LogP contribution in [0.4, 0.5) is 0 Å². The minimum absolute atomic E-state index is 0.119. The Kier molecular flexibility index (Phi) is 3.49. The molecule has 15 heavy (non-hydrogen) atoms. The van der Waals surface area contributed by atoms with Crippen LogP contribution >= 0.6 is 49.9 Å². The van der Waals surface area contributed by atoms with E-state index in [9.17, 15) is 0 Å².